The zero-order valence-electron chi connectivity index (χ0n) is 11.0. The molecule has 6 nitrogen and oxygen atoms in total. The summed E-state index contributed by atoms with van der Waals surface area (Å²) in [6, 6.07) is 6.42. The number of hydrogen-bond acceptors (Lipinski definition) is 5. The fraction of sp³-hybridized carbons (Fsp3) is 0.462. The Labute approximate surface area is 118 Å². The smallest absolute Gasteiger partial charge is 0.240 e. The van der Waals surface area contributed by atoms with Crippen LogP contribution in [-0.2, 0) is 14.8 Å². The number of nitrogens with zero attached hydrogens (tertiary/aromatic N) is 1. The van der Waals surface area contributed by atoms with E-state index in [2.05, 4.69) is 5.32 Å². The lowest BCUT2D eigenvalue weighted by Gasteiger charge is -2.24. The summed E-state index contributed by atoms with van der Waals surface area (Å²) in [5, 5.41) is 17.3. The molecule has 0 aliphatic carbocycles. The second kappa shape index (κ2) is 6.22. The Bertz CT molecular complexity index is 616. The van der Waals surface area contributed by atoms with Crippen molar-refractivity contribution in [3.8, 4) is 6.07 Å². The molecule has 20 heavy (non-hydrogen) atoms. The largest absolute Gasteiger partial charge is 0.380 e. The van der Waals surface area contributed by atoms with Crippen molar-refractivity contribution in [3.05, 3.63) is 23.8 Å². The molecule has 0 spiro atoms. The first-order chi connectivity index (χ1) is 9.52. The maximum Gasteiger partial charge on any atom is 0.240 e. The molecule has 108 valence electrons. The lowest BCUT2D eigenvalue weighted by atomic mass is 10.1. The summed E-state index contributed by atoms with van der Waals surface area (Å²) in [6.45, 7) is 1.18. The van der Waals surface area contributed by atoms with Crippen molar-refractivity contribution in [2.75, 3.05) is 18.5 Å². The molecule has 0 amide bonds. The van der Waals surface area contributed by atoms with E-state index in [0.717, 1.165) is 19.3 Å². The van der Waals surface area contributed by atoms with E-state index in [1.165, 1.54) is 12.1 Å². The van der Waals surface area contributed by atoms with Gasteiger partial charge in [-0.15, -0.1) is 0 Å². The molecule has 0 bridgehead atoms. The van der Waals surface area contributed by atoms with Crippen molar-refractivity contribution in [1.29, 1.82) is 5.26 Å². The van der Waals surface area contributed by atoms with E-state index < -0.39 is 10.0 Å². The van der Waals surface area contributed by atoms with Gasteiger partial charge >= 0.3 is 0 Å². The molecule has 7 heteroatoms. The highest BCUT2D eigenvalue weighted by atomic mass is 32.2. The Morgan fingerprint density at radius 1 is 1.45 bits per heavy atom. The molecule has 1 aliphatic rings. The number of hydrogen-bond donors (Lipinski definition) is 2. The van der Waals surface area contributed by atoms with E-state index in [1.807, 2.05) is 6.07 Å². The molecule has 1 aromatic carbocycles. The Kier molecular flexibility index (Phi) is 4.60. The standard InChI is InChI=1S/C13H17N3O3S/c14-8-10-4-3-6-12(20(15,17)18)13(10)16-9-11-5-1-2-7-19-11/h3-4,6,11,16H,1-2,5,7,9H2,(H2,15,17,18). The number of nitrogens with one attached hydrogen (secondary N) is 1. The lowest BCUT2D eigenvalue weighted by molar-refractivity contribution is 0.0247. The van der Waals surface area contributed by atoms with Gasteiger partial charge in [-0.25, -0.2) is 13.6 Å². The topological polar surface area (TPSA) is 105 Å². The fourth-order valence-corrected chi connectivity index (χ4v) is 2.96. The Morgan fingerprint density at radius 2 is 2.25 bits per heavy atom. The van der Waals surface area contributed by atoms with Crippen LogP contribution >= 0.6 is 0 Å². The number of para-hydroxylation sites is 1. The summed E-state index contributed by atoms with van der Waals surface area (Å²) < 4.78 is 28.7. The third-order valence-corrected chi connectivity index (χ3v) is 4.19. The van der Waals surface area contributed by atoms with Gasteiger partial charge in [0, 0.05) is 13.2 Å². The molecule has 3 N–H and O–H groups in total. The van der Waals surface area contributed by atoms with Gasteiger partial charge < -0.3 is 10.1 Å². The normalized spacial score (nSPS) is 19.3. The molecule has 1 aliphatic heterocycles. The third kappa shape index (κ3) is 3.48. The predicted molar refractivity (Wildman–Crippen MR) is 74.6 cm³/mol. The summed E-state index contributed by atoms with van der Waals surface area (Å²) >= 11 is 0. The number of nitrogens with two attached hydrogens (primary N) is 1. The van der Waals surface area contributed by atoms with E-state index in [0.29, 0.717) is 13.2 Å². The number of benzene rings is 1. The summed E-state index contributed by atoms with van der Waals surface area (Å²) in [7, 11) is -3.87. The van der Waals surface area contributed by atoms with Crippen LogP contribution in [0.4, 0.5) is 5.69 Å². The summed E-state index contributed by atoms with van der Waals surface area (Å²) in [6.07, 6.45) is 3.10. The number of primary sulfonamides is 1. The van der Waals surface area contributed by atoms with Crippen LogP contribution in [-0.4, -0.2) is 27.7 Å². The van der Waals surface area contributed by atoms with Crippen LogP contribution in [0.5, 0.6) is 0 Å². The summed E-state index contributed by atoms with van der Waals surface area (Å²) in [5.74, 6) is 0. The fourth-order valence-electron chi connectivity index (χ4n) is 2.23. The van der Waals surface area contributed by atoms with Crippen LogP contribution in [0.15, 0.2) is 23.1 Å². The second-order valence-electron chi connectivity index (χ2n) is 4.71. The van der Waals surface area contributed by atoms with Gasteiger partial charge in [0.1, 0.15) is 11.0 Å². The minimum absolute atomic E-state index is 0.0313. The molecule has 1 aromatic rings. The van der Waals surface area contributed by atoms with E-state index in [4.69, 9.17) is 15.1 Å². The molecule has 1 saturated heterocycles. The number of ether oxygens (including phenoxy) is 1. The molecule has 0 aromatic heterocycles. The first-order valence-electron chi connectivity index (χ1n) is 6.44. The lowest BCUT2D eigenvalue weighted by Crippen LogP contribution is -2.28. The number of anilines is 1. The zero-order valence-corrected chi connectivity index (χ0v) is 11.8. The van der Waals surface area contributed by atoms with Gasteiger partial charge in [0.15, 0.2) is 0 Å². The van der Waals surface area contributed by atoms with Gasteiger partial charge in [0.25, 0.3) is 0 Å². The number of sulfonamides is 1. The molecule has 1 unspecified atom stereocenters. The van der Waals surface area contributed by atoms with E-state index in [1.54, 1.807) is 6.07 Å². The van der Waals surface area contributed by atoms with Crippen molar-refractivity contribution in [2.24, 2.45) is 5.14 Å². The van der Waals surface area contributed by atoms with E-state index in [-0.39, 0.29) is 22.3 Å². The van der Waals surface area contributed by atoms with Crippen LogP contribution in [0.25, 0.3) is 0 Å². The summed E-state index contributed by atoms with van der Waals surface area (Å²) in [5.41, 5.74) is 0.513. The van der Waals surface area contributed by atoms with Gasteiger partial charge in [0.2, 0.25) is 10.0 Å². The third-order valence-electron chi connectivity index (χ3n) is 3.23. The minimum atomic E-state index is -3.87. The molecule has 0 saturated carbocycles. The van der Waals surface area contributed by atoms with Gasteiger partial charge in [0.05, 0.1) is 17.4 Å². The molecule has 0 radical (unpaired) electrons. The maximum absolute atomic E-state index is 11.6. The minimum Gasteiger partial charge on any atom is -0.380 e. The first-order valence-corrected chi connectivity index (χ1v) is 7.98. The zero-order chi connectivity index (χ0) is 14.6. The molecule has 1 atom stereocenters. The highest BCUT2D eigenvalue weighted by Gasteiger charge is 2.19. The summed E-state index contributed by atoms with van der Waals surface area (Å²) in [4.78, 5) is -0.0626. The van der Waals surface area contributed by atoms with Crippen LogP contribution < -0.4 is 10.5 Å². The first kappa shape index (κ1) is 14.8. The highest BCUT2D eigenvalue weighted by molar-refractivity contribution is 7.89. The molecular formula is C13H17N3O3S. The van der Waals surface area contributed by atoms with Crippen LogP contribution in [0, 0.1) is 11.3 Å². The SMILES string of the molecule is N#Cc1cccc(S(N)(=O)=O)c1NCC1CCCCO1. The van der Waals surface area contributed by atoms with Gasteiger partial charge in [-0.2, -0.15) is 5.26 Å². The van der Waals surface area contributed by atoms with Crippen molar-refractivity contribution >= 4 is 15.7 Å². The number of nitriles is 1. The van der Waals surface area contributed by atoms with Gasteiger partial charge in [-0.1, -0.05) is 6.07 Å². The van der Waals surface area contributed by atoms with E-state index >= 15 is 0 Å². The van der Waals surface area contributed by atoms with Crippen molar-refractivity contribution < 1.29 is 13.2 Å². The Hall–Kier alpha value is -1.62. The van der Waals surface area contributed by atoms with E-state index in [9.17, 15) is 8.42 Å². The average molecular weight is 295 g/mol. The highest BCUT2D eigenvalue weighted by Crippen LogP contribution is 2.25. The second-order valence-corrected chi connectivity index (χ2v) is 6.23. The van der Waals surface area contributed by atoms with Crippen LogP contribution in [0.1, 0.15) is 24.8 Å². The molecular weight excluding hydrogens is 278 g/mol. The Balaban J connectivity index is 2.23. The van der Waals surface area contributed by atoms with Crippen LogP contribution in [0.2, 0.25) is 0 Å². The number of rotatable bonds is 4. The van der Waals surface area contributed by atoms with Crippen molar-refractivity contribution in [1.82, 2.24) is 0 Å². The molecule has 1 heterocycles. The van der Waals surface area contributed by atoms with Gasteiger partial charge in [-0.3, -0.25) is 0 Å². The van der Waals surface area contributed by atoms with Crippen LogP contribution in [0.3, 0.4) is 0 Å². The monoisotopic (exact) mass is 295 g/mol. The van der Waals surface area contributed by atoms with Crippen molar-refractivity contribution in [3.63, 3.8) is 0 Å². The van der Waals surface area contributed by atoms with Crippen molar-refractivity contribution in [2.45, 2.75) is 30.3 Å². The molecule has 1 fully saturated rings. The molecule has 2 rings (SSSR count). The average Bonchev–Trinajstić information content (AvgIpc) is 2.44. The van der Waals surface area contributed by atoms with Gasteiger partial charge in [-0.05, 0) is 31.4 Å². The maximum atomic E-state index is 11.6. The predicted octanol–water partition coefficient (Wildman–Crippen LogP) is 1.19. The quantitative estimate of drug-likeness (QED) is 0.868. The Morgan fingerprint density at radius 3 is 2.85 bits per heavy atom.